The van der Waals surface area contributed by atoms with Crippen LogP contribution in [0.25, 0.3) is 10.9 Å². The second-order valence-electron chi connectivity index (χ2n) is 4.04. The first kappa shape index (κ1) is 11.4. The number of pyridine rings is 1. The second-order valence-corrected chi connectivity index (χ2v) is 4.90. The van der Waals surface area contributed by atoms with E-state index in [2.05, 4.69) is 20.9 Å². The fraction of sp³-hybridized carbons (Fsp3) is 0.0714. The van der Waals surface area contributed by atoms with Crippen molar-refractivity contribution in [2.24, 2.45) is 5.73 Å². The summed E-state index contributed by atoms with van der Waals surface area (Å²) in [7, 11) is 0. The van der Waals surface area contributed by atoms with Gasteiger partial charge in [-0.05, 0) is 40.2 Å². The predicted molar refractivity (Wildman–Crippen MR) is 74.2 cm³/mol. The molecule has 0 radical (unpaired) electrons. The molecule has 2 heterocycles. The predicted octanol–water partition coefficient (Wildman–Crippen LogP) is 3.64. The third kappa shape index (κ3) is 1.94. The lowest BCUT2D eigenvalue weighted by Crippen LogP contribution is -2.13. The largest absolute Gasteiger partial charge is 0.467 e. The zero-order valence-corrected chi connectivity index (χ0v) is 11.1. The Morgan fingerprint density at radius 3 is 2.78 bits per heavy atom. The first-order chi connectivity index (χ1) is 8.75. The standard InChI is InChI=1S/C14H11BrN2O/c15-10-8-9-4-1-2-5-11(9)17-14(10)13(16)12-6-3-7-18-12/h1-8,13H,16H2. The van der Waals surface area contributed by atoms with Crippen LogP contribution in [0, 0.1) is 0 Å². The highest BCUT2D eigenvalue weighted by Crippen LogP contribution is 2.28. The minimum atomic E-state index is -0.362. The molecule has 0 bridgehead atoms. The van der Waals surface area contributed by atoms with Crippen molar-refractivity contribution in [2.45, 2.75) is 6.04 Å². The average molecular weight is 303 g/mol. The molecule has 1 unspecified atom stereocenters. The van der Waals surface area contributed by atoms with Gasteiger partial charge in [-0.15, -0.1) is 0 Å². The summed E-state index contributed by atoms with van der Waals surface area (Å²) in [5, 5.41) is 1.08. The highest BCUT2D eigenvalue weighted by molar-refractivity contribution is 9.10. The molecule has 1 atom stereocenters. The number of furan rings is 1. The number of nitrogens with two attached hydrogens (primary N) is 1. The minimum absolute atomic E-state index is 0.362. The average Bonchev–Trinajstić information content (AvgIpc) is 2.91. The molecule has 0 spiro atoms. The number of nitrogens with zero attached hydrogens (tertiary/aromatic N) is 1. The van der Waals surface area contributed by atoms with Gasteiger partial charge in [0.25, 0.3) is 0 Å². The molecule has 0 amide bonds. The van der Waals surface area contributed by atoms with Crippen LogP contribution < -0.4 is 5.73 Å². The minimum Gasteiger partial charge on any atom is -0.467 e. The van der Waals surface area contributed by atoms with Crippen molar-refractivity contribution in [2.75, 3.05) is 0 Å². The molecule has 90 valence electrons. The molecule has 0 aliphatic heterocycles. The van der Waals surface area contributed by atoms with E-state index in [1.807, 2.05) is 42.5 Å². The zero-order chi connectivity index (χ0) is 12.5. The molecule has 1 aromatic carbocycles. The molecule has 2 N–H and O–H groups in total. The Balaban J connectivity index is 2.14. The molecule has 3 rings (SSSR count). The first-order valence-electron chi connectivity index (χ1n) is 5.60. The third-order valence-electron chi connectivity index (χ3n) is 2.85. The molecule has 0 fully saturated rings. The second kappa shape index (κ2) is 4.55. The van der Waals surface area contributed by atoms with Crippen molar-refractivity contribution < 1.29 is 4.42 Å². The molecule has 3 nitrogen and oxygen atoms in total. The molecule has 0 aliphatic rings. The first-order valence-corrected chi connectivity index (χ1v) is 6.39. The SMILES string of the molecule is NC(c1ccco1)c1nc2ccccc2cc1Br. The summed E-state index contributed by atoms with van der Waals surface area (Å²) in [6.07, 6.45) is 1.62. The third-order valence-corrected chi connectivity index (χ3v) is 3.48. The van der Waals surface area contributed by atoms with Crippen molar-refractivity contribution in [1.82, 2.24) is 4.98 Å². The van der Waals surface area contributed by atoms with E-state index in [1.165, 1.54) is 0 Å². The molecule has 18 heavy (non-hydrogen) atoms. The maximum Gasteiger partial charge on any atom is 0.126 e. The summed E-state index contributed by atoms with van der Waals surface area (Å²) in [6, 6.07) is 13.3. The van der Waals surface area contributed by atoms with Crippen LogP contribution in [0.5, 0.6) is 0 Å². The Morgan fingerprint density at radius 1 is 1.17 bits per heavy atom. The molecule has 0 saturated carbocycles. The van der Waals surface area contributed by atoms with Gasteiger partial charge in [-0.3, -0.25) is 0 Å². The molecular formula is C14H11BrN2O. The fourth-order valence-corrected chi connectivity index (χ4v) is 2.51. The van der Waals surface area contributed by atoms with Crippen LogP contribution in [0.15, 0.2) is 57.6 Å². The van der Waals surface area contributed by atoms with Crippen molar-refractivity contribution in [3.8, 4) is 0 Å². The smallest absolute Gasteiger partial charge is 0.126 e. The van der Waals surface area contributed by atoms with Gasteiger partial charge in [0.15, 0.2) is 0 Å². The van der Waals surface area contributed by atoms with Crippen molar-refractivity contribution in [3.05, 3.63) is 64.7 Å². The van der Waals surface area contributed by atoms with Gasteiger partial charge in [-0.2, -0.15) is 0 Å². The molecule has 0 aliphatic carbocycles. The van der Waals surface area contributed by atoms with E-state index in [0.717, 1.165) is 21.1 Å². The Hall–Kier alpha value is -1.65. The van der Waals surface area contributed by atoms with Gasteiger partial charge in [0, 0.05) is 9.86 Å². The lowest BCUT2D eigenvalue weighted by Gasteiger charge is -2.11. The Labute approximate surface area is 113 Å². The number of benzene rings is 1. The van der Waals surface area contributed by atoms with Gasteiger partial charge in [0.2, 0.25) is 0 Å². The molecule has 2 aromatic heterocycles. The molecule has 0 saturated heterocycles. The van der Waals surface area contributed by atoms with Gasteiger partial charge < -0.3 is 10.2 Å². The van der Waals surface area contributed by atoms with Crippen molar-refractivity contribution in [1.29, 1.82) is 0 Å². The molecule has 3 aromatic rings. The summed E-state index contributed by atoms with van der Waals surface area (Å²) >= 11 is 3.52. The highest BCUT2D eigenvalue weighted by atomic mass is 79.9. The maximum atomic E-state index is 6.17. The quantitative estimate of drug-likeness (QED) is 0.786. The topological polar surface area (TPSA) is 52.0 Å². The van der Waals surface area contributed by atoms with Crippen LogP contribution in [-0.4, -0.2) is 4.98 Å². The summed E-state index contributed by atoms with van der Waals surface area (Å²) in [6.45, 7) is 0. The van der Waals surface area contributed by atoms with Crippen molar-refractivity contribution in [3.63, 3.8) is 0 Å². The normalized spacial score (nSPS) is 12.8. The van der Waals surface area contributed by atoms with Gasteiger partial charge >= 0.3 is 0 Å². The number of halogens is 1. The van der Waals surface area contributed by atoms with Crippen LogP contribution in [0.4, 0.5) is 0 Å². The summed E-state index contributed by atoms with van der Waals surface area (Å²) in [4.78, 5) is 4.60. The van der Waals surface area contributed by atoms with Gasteiger partial charge in [-0.1, -0.05) is 18.2 Å². The van der Waals surface area contributed by atoms with E-state index in [-0.39, 0.29) is 6.04 Å². The summed E-state index contributed by atoms with van der Waals surface area (Å²) in [5.74, 6) is 0.707. The Kier molecular flexibility index (Phi) is 2.89. The van der Waals surface area contributed by atoms with Gasteiger partial charge in [0.1, 0.15) is 11.8 Å². The van der Waals surface area contributed by atoms with Crippen LogP contribution >= 0.6 is 15.9 Å². The number of fused-ring (bicyclic) bond motifs is 1. The highest BCUT2D eigenvalue weighted by Gasteiger charge is 2.17. The number of hydrogen-bond donors (Lipinski definition) is 1. The lowest BCUT2D eigenvalue weighted by atomic mass is 10.1. The van der Waals surface area contributed by atoms with E-state index < -0.39 is 0 Å². The van der Waals surface area contributed by atoms with Gasteiger partial charge in [0.05, 0.1) is 17.5 Å². The van der Waals surface area contributed by atoms with E-state index >= 15 is 0 Å². The summed E-state index contributed by atoms with van der Waals surface area (Å²) in [5.41, 5.74) is 7.88. The van der Waals surface area contributed by atoms with Crippen molar-refractivity contribution >= 4 is 26.8 Å². The van der Waals surface area contributed by atoms with E-state index in [0.29, 0.717) is 5.76 Å². The van der Waals surface area contributed by atoms with E-state index in [1.54, 1.807) is 6.26 Å². The number of aromatic nitrogens is 1. The van der Waals surface area contributed by atoms with E-state index in [4.69, 9.17) is 10.2 Å². The van der Waals surface area contributed by atoms with Crippen LogP contribution in [0.2, 0.25) is 0 Å². The van der Waals surface area contributed by atoms with Crippen LogP contribution in [0.3, 0.4) is 0 Å². The Morgan fingerprint density at radius 2 is 2.00 bits per heavy atom. The number of hydrogen-bond acceptors (Lipinski definition) is 3. The monoisotopic (exact) mass is 302 g/mol. The lowest BCUT2D eigenvalue weighted by molar-refractivity contribution is 0.486. The molecular weight excluding hydrogens is 292 g/mol. The maximum absolute atomic E-state index is 6.17. The zero-order valence-electron chi connectivity index (χ0n) is 9.51. The van der Waals surface area contributed by atoms with Crippen LogP contribution in [0.1, 0.15) is 17.5 Å². The summed E-state index contributed by atoms with van der Waals surface area (Å²) < 4.78 is 6.22. The number of rotatable bonds is 2. The van der Waals surface area contributed by atoms with Crippen LogP contribution in [-0.2, 0) is 0 Å². The number of para-hydroxylation sites is 1. The fourth-order valence-electron chi connectivity index (χ4n) is 1.93. The molecule has 4 heteroatoms. The van der Waals surface area contributed by atoms with E-state index in [9.17, 15) is 0 Å². The Bertz CT molecular complexity index is 679. The van der Waals surface area contributed by atoms with Gasteiger partial charge in [-0.25, -0.2) is 4.98 Å².